The minimum absolute atomic E-state index is 0.851. The first-order chi connectivity index (χ1) is 9.42. The molecule has 0 unspecified atom stereocenters. The van der Waals surface area contributed by atoms with Crippen molar-refractivity contribution >= 4 is 23.0 Å². The van der Waals surface area contributed by atoms with E-state index in [2.05, 4.69) is 25.2 Å². The van der Waals surface area contributed by atoms with Crippen molar-refractivity contribution < 1.29 is 0 Å². The average molecular weight is 275 g/mol. The summed E-state index contributed by atoms with van der Waals surface area (Å²) in [5, 5.41) is 6.50. The lowest BCUT2D eigenvalue weighted by Gasteiger charge is -2.16. The average Bonchev–Trinajstić information content (AvgIpc) is 3.12. The van der Waals surface area contributed by atoms with Crippen LogP contribution in [-0.4, -0.2) is 34.6 Å². The van der Waals surface area contributed by atoms with E-state index in [1.807, 2.05) is 17.6 Å². The maximum atomic E-state index is 4.34. The highest BCUT2D eigenvalue weighted by Gasteiger charge is 2.13. The van der Waals surface area contributed by atoms with Gasteiger partial charge in [-0.15, -0.1) is 11.3 Å². The van der Waals surface area contributed by atoms with Crippen molar-refractivity contribution in [1.82, 2.24) is 15.0 Å². The Balaban J connectivity index is 1.56. The third kappa shape index (κ3) is 3.20. The first kappa shape index (κ1) is 12.3. The fourth-order valence-corrected chi connectivity index (χ4v) is 2.86. The second kappa shape index (κ2) is 5.97. The van der Waals surface area contributed by atoms with Gasteiger partial charge >= 0.3 is 0 Å². The van der Waals surface area contributed by atoms with Gasteiger partial charge < -0.3 is 10.2 Å². The Morgan fingerprint density at radius 1 is 1.21 bits per heavy atom. The minimum atomic E-state index is 0.851. The van der Waals surface area contributed by atoms with Crippen LogP contribution in [0, 0.1) is 0 Å². The lowest BCUT2D eigenvalue weighted by atomic mass is 10.4. The van der Waals surface area contributed by atoms with Crippen LogP contribution in [0.15, 0.2) is 24.0 Å². The second-order valence-electron chi connectivity index (χ2n) is 4.56. The van der Waals surface area contributed by atoms with Crippen LogP contribution >= 0.6 is 11.3 Å². The summed E-state index contributed by atoms with van der Waals surface area (Å²) in [5.41, 5.74) is 0. The van der Waals surface area contributed by atoms with Gasteiger partial charge in [-0.2, -0.15) is 0 Å². The monoisotopic (exact) mass is 275 g/mol. The largest absolute Gasteiger partial charge is 0.369 e. The Bertz CT molecular complexity index is 508. The highest BCUT2D eigenvalue weighted by molar-refractivity contribution is 7.09. The summed E-state index contributed by atoms with van der Waals surface area (Å²) in [4.78, 5) is 15.2. The fraction of sp³-hybridized carbons (Fsp3) is 0.462. The molecule has 3 rings (SSSR count). The van der Waals surface area contributed by atoms with E-state index in [-0.39, 0.29) is 0 Å². The number of anilines is 2. The Morgan fingerprint density at radius 2 is 2.11 bits per heavy atom. The summed E-state index contributed by atoms with van der Waals surface area (Å²) >= 11 is 1.69. The van der Waals surface area contributed by atoms with Crippen molar-refractivity contribution in [3.8, 4) is 0 Å². The first-order valence-corrected chi connectivity index (χ1v) is 7.49. The van der Waals surface area contributed by atoms with Gasteiger partial charge in [-0.3, -0.25) is 0 Å². The number of thiazole rings is 1. The molecule has 0 radical (unpaired) electrons. The predicted molar refractivity (Wildman–Crippen MR) is 77.8 cm³/mol. The molecule has 2 aromatic rings. The molecule has 1 aliphatic rings. The van der Waals surface area contributed by atoms with Crippen molar-refractivity contribution in [2.24, 2.45) is 0 Å². The van der Waals surface area contributed by atoms with Crippen LogP contribution in [-0.2, 0) is 6.42 Å². The lowest BCUT2D eigenvalue weighted by molar-refractivity contribution is 0.922. The number of aromatic nitrogens is 3. The van der Waals surface area contributed by atoms with Crippen LogP contribution < -0.4 is 10.2 Å². The van der Waals surface area contributed by atoms with E-state index < -0.39 is 0 Å². The lowest BCUT2D eigenvalue weighted by Crippen LogP contribution is -2.19. The zero-order chi connectivity index (χ0) is 12.9. The van der Waals surface area contributed by atoms with Crippen LogP contribution in [0.1, 0.15) is 17.8 Å². The van der Waals surface area contributed by atoms with Crippen molar-refractivity contribution in [1.29, 1.82) is 0 Å². The molecule has 0 saturated carbocycles. The summed E-state index contributed by atoms with van der Waals surface area (Å²) < 4.78 is 0. The molecule has 0 aromatic carbocycles. The first-order valence-electron chi connectivity index (χ1n) is 6.61. The van der Waals surface area contributed by atoms with Crippen molar-refractivity contribution in [3.05, 3.63) is 29.0 Å². The van der Waals surface area contributed by atoms with Gasteiger partial charge in [-0.25, -0.2) is 15.0 Å². The molecule has 5 nitrogen and oxygen atoms in total. The van der Waals surface area contributed by atoms with Gasteiger partial charge in [0.25, 0.3) is 0 Å². The van der Waals surface area contributed by atoms with E-state index in [0.29, 0.717) is 0 Å². The number of nitrogens with zero attached hydrogens (tertiary/aromatic N) is 4. The summed E-state index contributed by atoms with van der Waals surface area (Å²) in [6, 6.07) is 2.03. The van der Waals surface area contributed by atoms with Gasteiger partial charge in [0.2, 0.25) is 0 Å². The van der Waals surface area contributed by atoms with Gasteiger partial charge in [-0.05, 0) is 12.8 Å². The summed E-state index contributed by atoms with van der Waals surface area (Å²) in [6.45, 7) is 3.06. The van der Waals surface area contributed by atoms with Gasteiger partial charge in [0.05, 0.1) is 5.01 Å². The molecule has 0 atom stereocenters. The molecule has 1 saturated heterocycles. The van der Waals surface area contributed by atoms with E-state index in [9.17, 15) is 0 Å². The summed E-state index contributed by atoms with van der Waals surface area (Å²) in [6.07, 6.45) is 6.93. The molecule has 6 heteroatoms. The van der Waals surface area contributed by atoms with Crippen LogP contribution in [0.4, 0.5) is 11.6 Å². The molecule has 1 aliphatic heterocycles. The summed E-state index contributed by atoms with van der Waals surface area (Å²) in [7, 11) is 0. The van der Waals surface area contributed by atoms with E-state index >= 15 is 0 Å². The van der Waals surface area contributed by atoms with Crippen LogP contribution in [0.5, 0.6) is 0 Å². The van der Waals surface area contributed by atoms with Crippen molar-refractivity contribution in [3.63, 3.8) is 0 Å². The Hall–Kier alpha value is -1.69. The van der Waals surface area contributed by atoms with Crippen LogP contribution in [0.2, 0.25) is 0 Å². The molecular formula is C13H17N5S. The zero-order valence-electron chi connectivity index (χ0n) is 10.7. The Morgan fingerprint density at radius 3 is 2.89 bits per heavy atom. The van der Waals surface area contributed by atoms with E-state index in [1.165, 1.54) is 12.8 Å². The standard InChI is InChI=1S/C13H17N5S/c1-2-7-18(6-1)12-9-11(16-10-17-12)14-4-3-13-15-5-8-19-13/h5,8-10H,1-4,6-7H2,(H,14,16,17). The van der Waals surface area contributed by atoms with E-state index in [1.54, 1.807) is 17.7 Å². The number of hydrogen-bond acceptors (Lipinski definition) is 6. The molecule has 0 aliphatic carbocycles. The van der Waals surface area contributed by atoms with Gasteiger partial charge in [-0.1, -0.05) is 0 Å². The van der Waals surface area contributed by atoms with Gasteiger partial charge in [0.15, 0.2) is 0 Å². The Labute approximate surface area is 116 Å². The molecule has 0 amide bonds. The number of nitrogens with one attached hydrogen (secondary N) is 1. The van der Waals surface area contributed by atoms with Gasteiger partial charge in [0, 0.05) is 43.7 Å². The molecule has 2 aromatic heterocycles. The predicted octanol–water partition coefficient (Wildman–Crippen LogP) is 2.19. The maximum Gasteiger partial charge on any atom is 0.134 e. The molecule has 1 N–H and O–H groups in total. The fourth-order valence-electron chi connectivity index (χ4n) is 2.24. The van der Waals surface area contributed by atoms with Crippen molar-refractivity contribution in [2.45, 2.75) is 19.3 Å². The summed E-state index contributed by atoms with van der Waals surface area (Å²) in [5.74, 6) is 1.93. The highest BCUT2D eigenvalue weighted by atomic mass is 32.1. The molecule has 0 spiro atoms. The quantitative estimate of drug-likeness (QED) is 0.906. The normalized spacial score (nSPS) is 14.8. The Kier molecular flexibility index (Phi) is 3.88. The molecule has 19 heavy (non-hydrogen) atoms. The van der Waals surface area contributed by atoms with Crippen molar-refractivity contribution in [2.75, 3.05) is 29.9 Å². The SMILES string of the molecule is c1nc(NCCc2nccs2)cc(N2CCCC2)n1. The third-order valence-electron chi connectivity index (χ3n) is 3.21. The van der Waals surface area contributed by atoms with Gasteiger partial charge in [0.1, 0.15) is 18.0 Å². The third-order valence-corrected chi connectivity index (χ3v) is 4.05. The maximum absolute atomic E-state index is 4.34. The van der Waals surface area contributed by atoms with E-state index in [0.717, 1.165) is 42.7 Å². The van der Waals surface area contributed by atoms with Crippen LogP contribution in [0.25, 0.3) is 0 Å². The number of hydrogen-bond donors (Lipinski definition) is 1. The molecule has 0 bridgehead atoms. The molecular weight excluding hydrogens is 258 g/mol. The smallest absolute Gasteiger partial charge is 0.134 e. The van der Waals surface area contributed by atoms with Crippen LogP contribution in [0.3, 0.4) is 0 Å². The topological polar surface area (TPSA) is 53.9 Å². The highest BCUT2D eigenvalue weighted by Crippen LogP contribution is 2.19. The zero-order valence-corrected chi connectivity index (χ0v) is 11.6. The second-order valence-corrected chi connectivity index (χ2v) is 5.54. The number of rotatable bonds is 5. The molecule has 3 heterocycles. The molecule has 100 valence electrons. The minimum Gasteiger partial charge on any atom is -0.369 e. The van der Waals surface area contributed by atoms with E-state index in [4.69, 9.17) is 0 Å². The molecule has 1 fully saturated rings.